The fourth-order valence-electron chi connectivity index (χ4n) is 1.61. The summed E-state index contributed by atoms with van der Waals surface area (Å²) in [5.41, 5.74) is 1.24. The minimum atomic E-state index is -1.02. The largest absolute Gasteiger partial charge is 0.480 e. The van der Waals surface area contributed by atoms with Gasteiger partial charge in [0.25, 0.3) is 5.91 Å². The van der Waals surface area contributed by atoms with Crippen LogP contribution in [-0.2, 0) is 4.79 Å². The topological polar surface area (TPSA) is 79.3 Å². The summed E-state index contributed by atoms with van der Waals surface area (Å²) in [6.07, 6.45) is 3.47. The molecule has 1 aromatic heterocycles. The zero-order valence-electron chi connectivity index (χ0n) is 10.8. The van der Waals surface area contributed by atoms with E-state index in [9.17, 15) is 9.59 Å². The van der Waals surface area contributed by atoms with Gasteiger partial charge in [-0.05, 0) is 30.9 Å². The van der Waals surface area contributed by atoms with Crippen molar-refractivity contribution < 1.29 is 14.7 Å². The van der Waals surface area contributed by atoms with Crippen LogP contribution in [0.3, 0.4) is 0 Å². The van der Waals surface area contributed by atoms with Crippen LogP contribution < -0.4 is 5.32 Å². The van der Waals surface area contributed by atoms with Crippen LogP contribution in [0.1, 0.15) is 36.2 Å². The van der Waals surface area contributed by atoms with Crippen molar-refractivity contribution in [2.24, 2.45) is 5.92 Å². The van der Waals surface area contributed by atoms with Crippen LogP contribution >= 0.6 is 0 Å². The van der Waals surface area contributed by atoms with Crippen molar-refractivity contribution in [3.63, 3.8) is 0 Å². The second-order valence-corrected chi connectivity index (χ2v) is 4.74. The molecule has 18 heavy (non-hydrogen) atoms. The van der Waals surface area contributed by atoms with Gasteiger partial charge in [-0.2, -0.15) is 0 Å². The first-order valence-corrected chi connectivity index (χ1v) is 5.85. The van der Waals surface area contributed by atoms with Crippen molar-refractivity contribution in [3.8, 4) is 0 Å². The third-order valence-corrected chi connectivity index (χ3v) is 2.45. The van der Waals surface area contributed by atoms with Gasteiger partial charge in [0.1, 0.15) is 6.04 Å². The number of aryl methyl sites for hydroxylation is 1. The first-order valence-electron chi connectivity index (χ1n) is 5.85. The van der Waals surface area contributed by atoms with Crippen molar-refractivity contribution in [1.82, 2.24) is 10.3 Å². The molecule has 0 aliphatic heterocycles. The summed E-state index contributed by atoms with van der Waals surface area (Å²) in [6, 6.07) is 0.814. The van der Waals surface area contributed by atoms with Gasteiger partial charge in [0.15, 0.2) is 0 Å². The average molecular weight is 250 g/mol. The third kappa shape index (κ3) is 4.16. The number of amides is 1. The molecule has 0 spiro atoms. The van der Waals surface area contributed by atoms with Gasteiger partial charge >= 0.3 is 5.97 Å². The Labute approximate surface area is 106 Å². The first kappa shape index (κ1) is 14.2. The Morgan fingerprint density at radius 1 is 1.39 bits per heavy atom. The van der Waals surface area contributed by atoms with Gasteiger partial charge in [-0.1, -0.05) is 13.8 Å². The van der Waals surface area contributed by atoms with Crippen molar-refractivity contribution in [2.75, 3.05) is 0 Å². The average Bonchev–Trinajstić information content (AvgIpc) is 2.27. The predicted molar refractivity (Wildman–Crippen MR) is 67.3 cm³/mol. The molecule has 5 heteroatoms. The maximum Gasteiger partial charge on any atom is 0.326 e. The number of hydrogen-bond acceptors (Lipinski definition) is 3. The van der Waals surface area contributed by atoms with E-state index in [1.165, 1.54) is 6.20 Å². The van der Waals surface area contributed by atoms with Gasteiger partial charge in [0.2, 0.25) is 0 Å². The van der Waals surface area contributed by atoms with Crippen LogP contribution in [0.15, 0.2) is 18.5 Å². The summed E-state index contributed by atoms with van der Waals surface area (Å²) in [4.78, 5) is 26.8. The number of carboxylic acid groups (broad SMARTS) is 1. The summed E-state index contributed by atoms with van der Waals surface area (Å²) in [6.45, 7) is 5.65. The summed E-state index contributed by atoms with van der Waals surface area (Å²) < 4.78 is 0. The highest BCUT2D eigenvalue weighted by molar-refractivity contribution is 5.96. The van der Waals surface area contributed by atoms with Gasteiger partial charge < -0.3 is 10.4 Å². The zero-order chi connectivity index (χ0) is 13.7. The predicted octanol–water partition coefficient (Wildman–Crippen LogP) is 1.62. The Morgan fingerprint density at radius 3 is 2.56 bits per heavy atom. The number of carbonyl (C=O) groups excluding carboxylic acids is 1. The number of aliphatic carboxylic acids is 1. The van der Waals surface area contributed by atoms with Crippen LogP contribution in [0, 0.1) is 12.8 Å². The van der Waals surface area contributed by atoms with Crippen LogP contribution in [0.25, 0.3) is 0 Å². The minimum Gasteiger partial charge on any atom is -0.480 e. The number of pyridine rings is 1. The number of hydrogen-bond donors (Lipinski definition) is 2. The lowest BCUT2D eigenvalue weighted by Gasteiger charge is -2.16. The molecule has 0 radical (unpaired) electrons. The highest BCUT2D eigenvalue weighted by Crippen LogP contribution is 2.07. The Kier molecular flexibility index (Phi) is 4.83. The summed E-state index contributed by atoms with van der Waals surface area (Å²) in [7, 11) is 0. The molecule has 1 rings (SSSR count). The highest BCUT2D eigenvalue weighted by atomic mass is 16.4. The van der Waals surface area contributed by atoms with E-state index in [-0.39, 0.29) is 5.92 Å². The van der Waals surface area contributed by atoms with Gasteiger partial charge in [-0.3, -0.25) is 9.78 Å². The SMILES string of the molecule is Cc1cncc(C(=O)N[C@@H](CC(C)C)C(=O)O)c1. The van der Waals surface area contributed by atoms with E-state index in [0.717, 1.165) is 5.56 Å². The van der Waals surface area contributed by atoms with E-state index >= 15 is 0 Å². The molecule has 0 aliphatic rings. The molecule has 2 N–H and O–H groups in total. The van der Waals surface area contributed by atoms with Crippen LogP contribution in [-0.4, -0.2) is 28.0 Å². The summed E-state index contributed by atoms with van der Waals surface area (Å²) in [5, 5.41) is 11.6. The van der Waals surface area contributed by atoms with Crippen LogP contribution in [0.2, 0.25) is 0 Å². The van der Waals surface area contributed by atoms with Crippen LogP contribution in [0.5, 0.6) is 0 Å². The van der Waals surface area contributed by atoms with Gasteiger partial charge in [-0.15, -0.1) is 0 Å². The lowest BCUT2D eigenvalue weighted by atomic mass is 10.0. The Morgan fingerprint density at radius 2 is 2.06 bits per heavy atom. The normalized spacial score (nSPS) is 12.2. The molecule has 0 unspecified atom stereocenters. The van der Waals surface area contributed by atoms with Crippen molar-refractivity contribution in [1.29, 1.82) is 0 Å². The quantitative estimate of drug-likeness (QED) is 0.832. The number of carbonyl (C=O) groups is 2. The highest BCUT2D eigenvalue weighted by Gasteiger charge is 2.21. The smallest absolute Gasteiger partial charge is 0.326 e. The lowest BCUT2D eigenvalue weighted by molar-refractivity contribution is -0.139. The maximum absolute atomic E-state index is 11.9. The van der Waals surface area contributed by atoms with Crippen LogP contribution in [0.4, 0.5) is 0 Å². The molecule has 0 fully saturated rings. The molecule has 98 valence electrons. The van der Waals surface area contributed by atoms with Gasteiger partial charge in [0.05, 0.1) is 5.56 Å². The fourth-order valence-corrected chi connectivity index (χ4v) is 1.61. The maximum atomic E-state index is 11.9. The molecule has 0 saturated carbocycles. The Balaban J connectivity index is 2.75. The number of nitrogens with one attached hydrogen (secondary N) is 1. The summed E-state index contributed by atoms with van der Waals surface area (Å²) >= 11 is 0. The molecule has 1 amide bonds. The minimum absolute atomic E-state index is 0.196. The van der Waals surface area contributed by atoms with Gasteiger partial charge in [0, 0.05) is 12.4 Å². The number of rotatable bonds is 5. The number of aromatic nitrogens is 1. The third-order valence-electron chi connectivity index (χ3n) is 2.45. The fraction of sp³-hybridized carbons (Fsp3) is 0.462. The molecule has 5 nitrogen and oxygen atoms in total. The molecule has 0 aliphatic carbocycles. The zero-order valence-corrected chi connectivity index (χ0v) is 10.8. The number of nitrogens with zero attached hydrogens (tertiary/aromatic N) is 1. The Hall–Kier alpha value is -1.91. The number of carboxylic acids is 1. The molecular formula is C13H18N2O3. The lowest BCUT2D eigenvalue weighted by Crippen LogP contribution is -2.41. The molecule has 1 heterocycles. The molecule has 0 bridgehead atoms. The van der Waals surface area contributed by atoms with Crippen molar-refractivity contribution >= 4 is 11.9 Å². The van der Waals surface area contributed by atoms with E-state index in [4.69, 9.17) is 5.11 Å². The van der Waals surface area contributed by atoms with Crippen molar-refractivity contribution in [2.45, 2.75) is 33.2 Å². The van der Waals surface area contributed by atoms with E-state index in [1.54, 1.807) is 12.3 Å². The molecule has 1 aromatic rings. The Bertz CT molecular complexity index is 444. The van der Waals surface area contributed by atoms with E-state index < -0.39 is 17.9 Å². The standard InChI is InChI=1S/C13H18N2O3/c1-8(2)4-11(13(17)18)15-12(16)10-5-9(3)6-14-7-10/h5-8,11H,4H2,1-3H3,(H,15,16)(H,17,18)/t11-/m0/s1. The molecule has 0 saturated heterocycles. The second-order valence-electron chi connectivity index (χ2n) is 4.74. The molecule has 0 aromatic carbocycles. The molecular weight excluding hydrogens is 232 g/mol. The van der Waals surface area contributed by atoms with E-state index in [0.29, 0.717) is 12.0 Å². The van der Waals surface area contributed by atoms with Crippen molar-refractivity contribution in [3.05, 3.63) is 29.6 Å². The first-order chi connectivity index (χ1) is 8.40. The van der Waals surface area contributed by atoms with E-state index in [1.807, 2.05) is 20.8 Å². The van der Waals surface area contributed by atoms with E-state index in [2.05, 4.69) is 10.3 Å². The van der Waals surface area contributed by atoms with Gasteiger partial charge in [-0.25, -0.2) is 4.79 Å². The monoisotopic (exact) mass is 250 g/mol. The summed E-state index contributed by atoms with van der Waals surface area (Å²) in [5.74, 6) is -1.22. The molecule has 1 atom stereocenters. The second kappa shape index (κ2) is 6.14.